The Labute approximate surface area is 157 Å². The molecule has 5 nitrogen and oxygen atoms in total. The van der Waals surface area contributed by atoms with Gasteiger partial charge in [-0.25, -0.2) is 0 Å². The summed E-state index contributed by atoms with van der Waals surface area (Å²) < 4.78 is 5.82. The molecular formula is C18H20N2O3S2. The number of likely N-dealkylation sites (tertiary alicyclic amines) is 1. The fourth-order valence-corrected chi connectivity index (χ4v) is 4.25. The molecule has 0 saturated carbocycles. The van der Waals surface area contributed by atoms with Gasteiger partial charge in [0.25, 0.3) is 5.91 Å². The lowest BCUT2D eigenvalue weighted by molar-refractivity contribution is -0.130. The Morgan fingerprint density at radius 3 is 2.76 bits per heavy atom. The first kappa shape index (κ1) is 17.9. The highest BCUT2D eigenvalue weighted by atomic mass is 32.2. The minimum atomic E-state index is -0.143. The van der Waals surface area contributed by atoms with Gasteiger partial charge in [0.15, 0.2) is 0 Å². The first-order valence-electron chi connectivity index (χ1n) is 8.26. The van der Waals surface area contributed by atoms with Crippen molar-refractivity contribution in [2.24, 2.45) is 0 Å². The smallest absolute Gasteiger partial charge is 0.266 e. The third kappa shape index (κ3) is 4.04. The van der Waals surface area contributed by atoms with Crippen LogP contribution in [0.25, 0.3) is 6.08 Å². The number of benzene rings is 1. The quantitative estimate of drug-likeness (QED) is 0.584. The molecule has 0 N–H and O–H groups in total. The predicted molar refractivity (Wildman–Crippen MR) is 103 cm³/mol. The van der Waals surface area contributed by atoms with Crippen molar-refractivity contribution in [1.82, 2.24) is 9.80 Å². The Morgan fingerprint density at radius 1 is 1.32 bits per heavy atom. The Balaban J connectivity index is 1.67. The van der Waals surface area contributed by atoms with E-state index in [1.165, 1.54) is 16.7 Å². The van der Waals surface area contributed by atoms with Gasteiger partial charge in [-0.05, 0) is 25.0 Å². The topological polar surface area (TPSA) is 49.9 Å². The van der Waals surface area contributed by atoms with Gasteiger partial charge < -0.3 is 9.64 Å². The average molecular weight is 377 g/mol. The highest BCUT2D eigenvalue weighted by Gasteiger charge is 2.32. The van der Waals surface area contributed by atoms with Gasteiger partial charge in [0.05, 0.1) is 12.0 Å². The number of thiocarbonyl (C=S) groups is 1. The van der Waals surface area contributed by atoms with E-state index in [1.54, 1.807) is 13.2 Å². The number of methoxy groups -OCH3 is 1. The van der Waals surface area contributed by atoms with E-state index in [9.17, 15) is 9.59 Å². The number of nitrogens with zero attached hydrogens (tertiary/aromatic N) is 2. The minimum absolute atomic E-state index is 0.0975. The zero-order valence-electron chi connectivity index (χ0n) is 14.1. The van der Waals surface area contributed by atoms with Crippen molar-refractivity contribution in [3.8, 4) is 5.75 Å². The number of ether oxygens (including phenoxy) is 1. The maximum atomic E-state index is 12.6. The molecule has 2 aliphatic rings. The average Bonchev–Trinajstić information content (AvgIpc) is 3.23. The van der Waals surface area contributed by atoms with Gasteiger partial charge in [-0.2, -0.15) is 0 Å². The van der Waals surface area contributed by atoms with E-state index in [2.05, 4.69) is 0 Å². The van der Waals surface area contributed by atoms with Gasteiger partial charge in [-0.15, -0.1) is 0 Å². The molecular weight excluding hydrogens is 356 g/mol. The second-order valence-electron chi connectivity index (χ2n) is 5.91. The maximum absolute atomic E-state index is 12.6. The third-order valence-corrected chi connectivity index (χ3v) is 5.68. The van der Waals surface area contributed by atoms with Crippen molar-refractivity contribution in [2.45, 2.75) is 19.3 Å². The number of rotatable bonds is 5. The molecule has 2 heterocycles. The van der Waals surface area contributed by atoms with E-state index in [4.69, 9.17) is 17.0 Å². The van der Waals surface area contributed by atoms with Crippen molar-refractivity contribution in [1.29, 1.82) is 0 Å². The molecule has 0 aliphatic carbocycles. The largest absolute Gasteiger partial charge is 0.496 e. The lowest BCUT2D eigenvalue weighted by Gasteiger charge is -2.18. The van der Waals surface area contributed by atoms with Crippen LogP contribution in [0.15, 0.2) is 29.2 Å². The van der Waals surface area contributed by atoms with E-state index in [0.29, 0.717) is 27.9 Å². The van der Waals surface area contributed by atoms with Crippen LogP contribution in [-0.4, -0.2) is 52.7 Å². The second kappa shape index (κ2) is 8.01. The molecule has 25 heavy (non-hydrogen) atoms. The van der Waals surface area contributed by atoms with Crippen LogP contribution in [0.2, 0.25) is 0 Å². The summed E-state index contributed by atoms with van der Waals surface area (Å²) in [5, 5.41) is 0. The molecule has 2 amide bonds. The van der Waals surface area contributed by atoms with Gasteiger partial charge in [-0.1, -0.05) is 42.2 Å². The number of carbonyl (C=O) groups is 2. The van der Waals surface area contributed by atoms with Crippen LogP contribution in [0.3, 0.4) is 0 Å². The van der Waals surface area contributed by atoms with Gasteiger partial charge in [0.1, 0.15) is 10.1 Å². The highest BCUT2D eigenvalue weighted by molar-refractivity contribution is 8.26. The SMILES string of the molecule is COc1ccccc1C=C1SC(=S)N(CCC(=O)N2CCCC2)C1=O. The first-order valence-corrected chi connectivity index (χ1v) is 9.49. The normalized spacial score (nSPS) is 19.2. The fraction of sp³-hybridized carbons (Fsp3) is 0.389. The molecule has 7 heteroatoms. The molecule has 0 bridgehead atoms. The molecule has 132 valence electrons. The van der Waals surface area contributed by atoms with Crippen LogP contribution in [0.5, 0.6) is 5.75 Å². The van der Waals surface area contributed by atoms with Gasteiger partial charge in [0, 0.05) is 31.6 Å². The van der Waals surface area contributed by atoms with E-state index in [1.807, 2.05) is 29.2 Å². The Kier molecular flexibility index (Phi) is 5.75. The van der Waals surface area contributed by atoms with E-state index in [-0.39, 0.29) is 11.8 Å². The number of carbonyl (C=O) groups excluding carboxylic acids is 2. The predicted octanol–water partition coefficient (Wildman–Crippen LogP) is 2.91. The Morgan fingerprint density at radius 2 is 2.04 bits per heavy atom. The number of para-hydroxylation sites is 1. The standard InChI is InChI=1S/C18H20N2O3S2/c1-23-14-7-3-2-6-13(14)12-15-17(22)20(18(24)25-15)11-8-16(21)19-9-4-5-10-19/h2-3,6-7,12H,4-5,8-11H2,1H3. The monoisotopic (exact) mass is 376 g/mol. The van der Waals surface area contributed by atoms with Crippen molar-refractivity contribution >= 4 is 46.2 Å². The fourth-order valence-electron chi connectivity index (χ4n) is 2.95. The maximum Gasteiger partial charge on any atom is 0.266 e. The van der Waals surface area contributed by atoms with Crippen LogP contribution in [0, 0.1) is 0 Å². The van der Waals surface area contributed by atoms with Gasteiger partial charge in [-0.3, -0.25) is 14.5 Å². The van der Waals surface area contributed by atoms with Gasteiger partial charge >= 0.3 is 0 Å². The zero-order valence-corrected chi connectivity index (χ0v) is 15.7. The summed E-state index contributed by atoms with van der Waals surface area (Å²) in [7, 11) is 1.60. The van der Waals surface area contributed by atoms with Crippen molar-refractivity contribution < 1.29 is 14.3 Å². The van der Waals surface area contributed by atoms with Crippen LogP contribution < -0.4 is 4.74 Å². The Bertz CT molecular complexity index is 727. The van der Waals surface area contributed by atoms with E-state index >= 15 is 0 Å². The van der Waals surface area contributed by atoms with Crippen molar-refractivity contribution in [3.63, 3.8) is 0 Å². The first-order chi connectivity index (χ1) is 12.1. The molecule has 0 aromatic heterocycles. The molecule has 3 rings (SSSR count). The summed E-state index contributed by atoms with van der Waals surface area (Å²) in [6.45, 7) is 1.99. The summed E-state index contributed by atoms with van der Waals surface area (Å²) in [6.07, 6.45) is 4.23. The minimum Gasteiger partial charge on any atom is -0.496 e. The number of hydrogen-bond donors (Lipinski definition) is 0. The Hall–Kier alpha value is -1.86. The van der Waals surface area contributed by atoms with Crippen LogP contribution in [0.1, 0.15) is 24.8 Å². The summed E-state index contributed by atoms with van der Waals surface area (Å²) >= 11 is 6.60. The van der Waals surface area contributed by atoms with Crippen LogP contribution in [0.4, 0.5) is 0 Å². The number of amides is 2. The molecule has 1 aromatic carbocycles. The summed E-state index contributed by atoms with van der Waals surface area (Å²) in [4.78, 5) is 28.8. The molecule has 0 unspecified atom stereocenters. The molecule has 0 spiro atoms. The van der Waals surface area contributed by atoms with E-state index in [0.717, 1.165) is 31.5 Å². The van der Waals surface area contributed by atoms with E-state index < -0.39 is 0 Å². The van der Waals surface area contributed by atoms with Gasteiger partial charge in [0.2, 0.25) is 5.91 Å². The highest BCUT2D eigenvalue weighted by Crippen LogP contribution is 2.34. The summed E-state index contributed by atoms with van der Waals surface area (Å²) in [5.74, 6) is 0.660. The van der Waals surface area contributed by atoms with Crippen LogP contribution in [-0.2, 0) is 9.59 Å². The third-order valence-electron chi connectivity index (χ3n) is 4.31. The molecule has 2 aliphatic heterocycles. The van der Waals surface area contributed by atoms with Crippen LogP contribution >= 0.6 is 24.0 Å². The number of thioether (sulfide) groups is 1. The summed E-state index contributed by atoms with van der Waals surface area (Å²) in [6, 6.07) is 7.51. The second-order valence-corrected chi connectivity index (χ2v) is 7.59. The zero-order chi connectivity index (χ0) is 17.8. The molecule has 1 aromatic rings. The lowest BCUT2D eigenvalue weighted by Crippen LogP contribution is -2.34. The van der Waals surface area contributed by atoms with Crippen molar-refractivity contribution in [3.05, 3.63) is 34.7 Å². The molecule has 2 saturated heterocycles. The summed E-state index contributed by atoms with van der Waals surface area (Å²) in [5.41, 5.74) is 0.832. The van der Waals surface area contributed by atoms with Crippen molar-refractivity contribution in [2.75, 3.05) is 26.7 Å². The number of hydrogen-bond acceptors (Lipinski definition) is 5. The molecule has 0 radical (unpaired) electrons. The molecule has 0 atom stereocenters. The molecule has 2 fully saturated rings. The lowest BCUT2D eigenvalue weighted by atomic mass is 10.2.